The fraction of sp³-hybridized carbons (Fsp3) is 0.457. The predicted octanol–water partition coefficient (Wildman–Crippen LogP) is 7.42. The number of alkyl halides is 2. The van der Waals surface area contributed by atoms with Gasteiger partial charge in [-0.25, -0.2) is 20.2 Å². The van der Waals surface area contributed by atoms with Crippen molar-refractivity contribution in [3.8, 4) is 11.5 Å². The number of aliphatic hydroxyl groups is 3. The molecular weight excluding hydrogens is 901 g/mol. The Balaban J connectivity index is 0.000000310. The van der Waals surface area contributed by atoms with Crippen LogP contribution in [0.25, 0.3) is 10.9 Å². The van der Waals surface area contributed by atoms with E-state index >= 15 is 4.39 Å². The molecule has 15 nitrogen and oxygen atoms in total. The van der Waals surface area contributed by atoms with Gasteiger partial charge in [0.15, 0.2) is 27.6 Å². The van der Waals surface area contributed by atoms with Gasteiger partial charge in [-0.2, -0.15) is 0 Å². The van der Waals surface area contributed by atoms with Crippen molar-refractivity contribution in [3.63, 3.8) is 0 Å². The van der Waals surface area contributed by atoms with Crippen molar-refractivity contribution in [2.45, 2.75) is 102 Å². The van der Waals surface area contributed by atoms with Crippen molar-refractivity contribution < 1.29 is 47.5 Å². The number of carbonyl (C=O) groups excluding carboxylic acids is 1. The molecule has 3 aromatic carbocycles. The summed E-state index contributed by atoms with van der Waals surface area (Å²) < 4.78 is 58.7. The van der Waals surface area contributed by atoms with E-state index in [2.05, 4.69) is 31.7 Å². The molecule has 362 valence electrons. The molecule has 2 aromatic heterocycles. The third-order valence-electron chi connectivity index (χ3n) is 10.4. The number of rotatable bonds is 17. The van der Waals surface area contributed by atoms with Gasteiger partial charge in [-0.15, -0.1) is 8.78 Å². The molecule has 1 aliphatic heterocycles. The maximum Gasteiger partial charge on any atom is 0.586 e. The molecule has 0 bridgehead atoms. The summed E-state index contributed by atoms with van der Waals surface area (Å²) in [4.78, 5) is 22.0. The van der Waals surface area contributed by atoms with E-state index in [0.29, 0.717) is 72.3 Å². The Kier molecular flexibility index (Phi) is 19.3. The highest BCUT2D eigenvalue weighted by molar-refractivity contribution is 7.99. The van der Waals surface area contributed by atoms with Gasteiger partial charge in [-0.1, -0.05) is 93.9 Å². The van der Waals surface area contributed by atoms with Crippen LogP contribution in [0.3, 0.4) is 0 Å². The maximum absolute atomic E-state index is 15.4. The molecule has 1 atom stereocenters. The lowest BCUT2D eigenvalue weighted by atomic mass is 9.90. The van der Waals surface area contributed by atoms with E-state index < -0.39 is 41.6 Å². The van der Waals surface area contributed by atoms with Gasteiger partial charge in [0.25, 0.3) is 0 Å². The summed E-state index contributed by atoms with van der Waals surface area (Å²) in [6.45, 7) is 13.1. The van der Waals surface area contributed by atoms with E-state index in [4.69, 9.17) is 38.8 Å². The average molecular weight is 964 g/mol. The molecule has 2 aliphatic rings. The lowest BCUT2D eigenvalue weighted by molar-refractivity contribution is -0.286. The summed E-state index contributed by atoms with van der Waals surface area (Å²) in [6, 6.07) is 17.0. The number of nitrogens with zero attached hydrogens (tertiary/aromatic N) is 4. The number of nitrogen functional groups attached to an aromatic ring is 1. The van der Waals surface area contributed by atoms with Crippen LogP contribution in [0, 0.1) is 12.7 Å². The molecule has 0 spiro atoms. The number of thioether (sulfide) groups is 1. The molecule has 0 radical (unpaired) electrons. The molecule has 1 saturated carbocycles. The molecule has 10 N–H and O–H groups in total. The molecule has 7 rings (SSSR count). The van der Waals surface area contributed by atoms with Gasteiger partial charge < -0.3 is 50.9 Å². The average Bonchev–Trinajstić information content (AvgIpc) is 3.95. The molecule has 3 heterocycles. The molecule has 1 amide bonds. The van der Waals surface area contributed by atoms with Crippen LogP contribution in [-0.2, 0) is 33.5 Å². The van der Waals surface area contributed by atoms with E-state index in [1.807, 2.05) is 65.0 Å². The third kappa shape index (κ3) is 13.2. The third-order valence-corrected chi connectivity index (χ3v) is 11.8. The zero-order chi connectivity index (χ0) is 49.0. The number of hydrazine groups is 1. The molecule has 0 saturated heterocycles. The number of nitrogens with two attached hydrogens (primary N) is 3. The number of aromatic nitrogens is 3. The first-order valence-corrected chi connectivity index (χ1v) is 22.9. The van der Waals surface area contributed by atoms with Gasteiger partial charge in [-0.05, 0) is 61.6 Å². The minimum Gasteiger partial charge on any atom is -0.400 e. The van der Waals surface area contributed by atoms with Crippen molar-refractivity contribution >= 4 is 57.4 Å². The van der Waals surface area contributed by atoms with E-state index in [1.54, 1.807) is 4.57 Å². The zero-order valence-electron chi connectivity index (χ0n) is 38.3. The summed E-state index contributed by atoms with van der Waals surface area (Å²) in [6.07, 6.45) is -2.91. The summed E-state index contributed by atoms with van der Waals surface area (Å²) in [7, 11) is 1.00. The van der Waals surface area contributed by atoms with Crippen molar-refractivity contribution in [3.05, 3.63) is 94.0 Å². The monoisotopic (exact) mass is 962 g/mol. The molecule has 66 heavy (non-hydrogen) atoms. The first kappa shape index (κ1) is 53.8. The number of aryl methyl sites for hydroxylation is 1. The fourth-order valence-corrected chi connectivity index (χ4v) is 7.91. The summed E-state index contributed by atoms with van der Waals surface area (Å²) >= 11 is 7.63. The van der Waals surface area contributed by atoms with Crippen LogP contribution in [0.2, 0.25) is 5.15 Å². The quantitative estimate of drug-likeness (QED) is 0.0120. The van der Waals surface area contributed by atoms with Crippen LogP contribution in [0.1, 0.15) is 76.3 Å². The Bertz CT molecular complexity index is 2390. The number of nitrogens with one attached hydrogen (secondary N) is 1. The highest BCUT2D eigenvalue weighted by Gasteiger charge is 2.53. The maximum atomic E-state index is 15.4. The topological polar surface area (TPSA) is 229 Å². The van der Waals surface area contributed by atoms with Crippen molar-refractivity contribution in [1.82, 2.24) is 14.5 Å². The first-order chi connectivity index (χ1) is 31.4. The van der Waals surface area contributed by atoms with E-state index in [-0.39, 0.29) is 28.9 Å². The molecule has 1 unspecified atom stereocenters. The molecule has 5 aromatic rings. The van der Waals surface area contributed by atoms with Gasteiger partial charge in [0.1, 0.15) is 11.5 Å². The minimum absolute atomic E-state index is 0.0209. The van der Waals surface area contributed by atoms with Crippen molar-refractivity contribution in [2.24, 2.45) is 11.6 Å². The van der Waals surface area contributed by atoms with Crippen LogP contribution < -0.4 is 37.1 Å². The highest BCUT2D eigenvalue weighted by Crippen LogP contribution is 2.52. The number of fused-ring (bicyclic) bond motifs is 2. The lowest BCUT2D eigenvalue weighted by Gasteiger charge is -2.27. The van der Waals surface area contributed by atoms with Gasteiger partial charge in [0.2, 0.25) is 5.91 Å². The molecule has 1 aliphatic carbocycles. The molecule has 1 fully saturated rings. The SMILES string of the molecule is CC.CC(C)(COCCN)c1cc2cc(NC(=O)C3(c4ccc5c(c4)OC(F)(F)O5)CC3)c(F)cc2n1CC(O)CO.CCCSc1nc(Cl)c(N)c(N(N)Cc2ccc(C)cc2)n1.CO. The van der Waals surface area contributed by atoms with Crippen LogP contribution in [0.4, 0.5) is 30.4 Å². The molecular formula is C46H62ClF3N8O7S. The van der Waals surface area contributed by atoms with Crippen LogP contribution >= 0.6 is 23.4 Å². The van der Waals surface area contributed by atoms with Crippen molar-refractivity contribution in [2.75, 3.05) is 55.3 Å². The number of halogens is 4. The smallest absolute Gasteiger partial charge is 0.400 e. The first-order valence-electron chi connectivity index (χ1n) is 21.5. The van der Waals surface area contributed by atoms with E-state index in [9.17, 15) is 23.8 Å². The second-order valence-corrected chi connectivity index (χ2v) is 17.4. The summed E-state index contributed by atoms with van der Waals surface area (Å²) in [5, 5.41) is 32.3. The second kappa shape index (κ2) is 23.7. The largest absolute Gasteiger partial charge is 0.586 e. The number of anilines is 3. The number of carbonyl (C=O) groups is 1. The highest BCUT2D eigenvalue weighted by atomic mass is 35.5. The summed E-state index contributed by atoms with van der Waals surface area (Å²) in [5.74, 6) is 6.06. The van der Waals surface area contributed by atoms with E-state index in [0.717, 1.165) is 30.5 Å². The van der Waals surface area contributed by atoms with Crippen LogP contribution in [0.5, 0.6) is 11.5 Å². The standard InChI is InChI=1S/C28H32F3N3O6.C15H20ClN5S.C2H6.CH4O/c1-26(2,15-38-8-7-32)24-10-16-9-20(19(29)12-21(16)34(24)13-18(36)14-35)33-25(37)27(5-6-27)17-3-4-22-23(11-17)40-28(30,31)39-22;1-3-8-22-15-19-13(16)12(17)14(20-15)21(18)9-11-6-4-10(2)5-7-11;2*1-2/h3-4,9-12,18,35-36H,5-8,13-15,32H2,1-2H3,(H,33,37);4-7H,3,8-9,17-18H2,1-2H3;1-2H3;2H,1H3. The number of hydrogen-bond donors (Lipinski definition) is 7. The van der Waals surface area contributed by atoms with Gasteiger partial charge in [0, 0.05) is 42.0 Å². The Morgan fingerprint density at radius 3 is 2.36 bits per heavy atom. The van der Waals surface area contributed by atoms with Gasteiger partial charge in [-0.3, -0.25) is 9.80 Å². The minimum atomic E-state index is -3.77. The van der Waals surface area contributed by atoms with Crippen molar-refractivity contribution in [1.29, 1.82) is 0 Å². The predicted molar refractivity (Wildman–Crippen MR) is 254 cm³/mol. The Labute approximate surface area is 392 Å². The normalized spacial score (nSPS) is 14.5. The fourth-order valence-electron chi connectivity index (χ4n) is 7.00. The Hall–Kier alpha value is -4.86. The summed E-state index contributed by atoms with van der Waals surface area (Å²) in [5.41, 5.74) is 14.2. The molecule has 20 heteroatoms. The van der Waals surface area contributed by atoms with E-state index in [1.165, 1.54) is 52.7 Å². The number of benzene rings is 3. The number of amides is 1. The number of hydrogen-bond acceptors (Lipinski definition) is 14. The zero-order valence-corrected chi connectivity index (χ0v) is 39.9. The number of ether oxygens (including phenoxy) is 3. The van der Waals surface area contributed by atoms with Crippen LogP contribution in [0.15, 0.2) is 65.8 Å². The number of aliphatic hydroxyl groups excluding tert-OH is 3. The Morgan fingerprint density at radius 1 is 1.08 bits per heavy atom. The van der Waals surface area contributed by atoms with Gasteiger partial charge in [0.05, 0.1) is 55.6 Å². The second-order valence-electron chi connectivity index (χ2n) is 16.0. The van der Waals surface area contributed by atoms with Crippen LogP contribution in [-0.4, -0.2) is 87.4 Å². The Morgan fingerprint density at radius 2 is 1.74 bits per heavy atom. The lowest BCUT2D eigenvalue weighted by Crippen LogP contribution is -2.32. The van der Waals surface area contributed by atoms with Gasteiger partial charge >= 0.3 is 6.29 Å².